The van der Waals surface area contributed by atoms with Crippen LogP contribution in [0.25, 0.3) is 0 Å². The highest BCUT2D eigenvalue weighted by Gasteiger charge is 2.16. The first-order valence-corrected chi connectivity index (χ1v) is 7.41. The molecule has 0 saturated carbocycles. The minimum Gasteiger partial charge on any atom is -0.364 e. The van der Waals surface area contributed by atoms with Gasteiger partial charge in [0.05, 0.1) is 6.42 Å². The van der Waals surface area contributed by atoms with Crippen molar-refractivity contribution in [2.24, 2.45) is 0 Å². The van der Waals surface area contributed by atoms with Crippen LogP contribution in [0.4, 0.5) is 10.1 Å². The van der Waals surface area contributed by atoms with E-state index in [1.807, 2.05) is 0 Å². The fourth-order valence-electron chi connectivity index (χ4n) is 2.82. The van der Waals surface area contributed by atoms with Gasteiger partial charge in [-0.05, 0) is 43.9 Å². The van der Waals surface area contributed by atoms with Gasteiger partial charge < -0.3 is 10.3 Å². The number of halogens is 1. The fraction of sp³-hybridized carbons (Fsp3) is 0.294. The number of hydrogen-bond acceptors (Lipinski definition) is 2. The number of nitrogens with one attached hydrogen (secondary N) is 2. The van der Waals surface area contributed by atoms with Gasteiger partial charge in [0.25, 0.3) is 0 Å². The largest absolute Gasteiger partial charge is 0.364 e. The van der Waals surface area contributed by atoms with Gasteiger partial charge >= 0.3 is 0 Å². The van der Waals surface area contributed by atoms with E-state index in [9.17, 15) is 14.0 Å². The Hall–Kier alpha value is -2.43. The summed E-state index contributed by atoms with van der Waals surface area (Å²) in [5, 5.41) is 2.61. The Kier molecular flexibility index (Phi) is 4.04. The molecule has 0 aliphatic heterocycles. The third-order valence-corrected chi connectivity index (χ3v) is 3.91. The molecule has 22 heavy (non-hydrogen) atoms. The van der Waals surface area contributed by atoms with Crippen molar-refractivity contribution >= 4 is 11.6 Å². The molecule has 0 spiro atoms. The number of aromatic nitrogens is 1. The number of amides is 1. The minimum atomic E-state index is -0.413. The maximum Gasteiger partial charge on any atom is 0.229 e. The Bertz CT molecular complexity index is 767. The third-order valence-electron chi connectivity index (χ3n) is 3.91. The molecule has 4 nitrogen and oxygen atoms in total. The van der Waals surface area contributed by atoms with E-state index in [-0.39, 0.29) is 17.8 Å². The summed E-state index contributed by atoms with van der Waals surface area (Å²) in [5.74, 6) is -0.740. The summed E-state index contributed by atoms with van der Waals surface area (Å²) in [5.41, 5.74) is 2.60. The fourth-order valence-corrected chi connectivity index (χ4v) is 2.82. The van der Waals surface area contributed by atoms with E-state index < -0.39 is 5.82 Å². The van der Waals surface area contributed by atoms with Crippen molar-refractivity contribution < 1.29 is 9.18 Å². The number of carbonyl (C=O) groups is 1. The number of aromatic amines is 1. The molecular formula is C17H17FN2O2. The van der Waals surface area contributed by atoms with Crippen LogP contribution in [-0.4, -0.2) is 10.9 Å². The Morgan fingerprint density at radius 3 is 2.91 bits per heavy atom. The molecule has 2 N–H and O–H groups in total. The second-order valence-corrected chi connectivity index (χ2v) is 5.54. The highest BCUT2D eigenvalue weighted by Crippen LogP contribution is 2.16. The summed E-state index contributed by atoms with van der Waals surface area (Å²) >= 11 is 0. The normalized spacial score (nSPS) is 13.5. The lowest BCUT2D eigenvalue weighted by molar-refractivity contribution is -0.115. The van der Waals surface area contributed by atoms with Gasteiger partial charge in [0.15, 0.2) is 5.43 Å². The number of fused-ring (bicyclic) bond motifs is 1. The smallest absolute Gasteiger partial charge is 0.229 e. The molecule has 1 aromatic heterocycles. The van der Waals surface area contributed by atoms with E-state index in [4.69, 9.17) is 0 Å². The summed E-state index contributed by atoms with van der Waals surface area (Å²) in [4.78, 5) is 27.6. The average molecular weight is 300 g/mol. The van der Waals surface area contributed by atoms with Crippen LogP contribution in [0.5, 0.6) is 0 Å². The SMILES string of the molecule is O=C(Cc1c[nH]c2c(c1=O)CCCC2)Nc1cccc(F)c1. The molecule has 1 aromatic carbocycles. The van der Waals surface area contributed by atoms with E-state index in [0.717, 1.165) is 36.9 Å². The number of H-pyrrole nitrogens is 1. The predicted octanol–water partition coefficient (Wildman–Crippen LogP) is 2.57. The topological polar surface area (TPSA) is 62.0 Å². The van der Waals surface area contributed by atoms with Gasteiger partial charge in [-0.1, -0.05) is 6.07 Å². The zero-order valence-electron chi connectivity index (χ0n) is 12.1. The van der Waals surface area contributed by atoms with Crippen LogP contribution in [0.1, 0.15) is 29.7 Å². The van der Waals surface area contributed by atoms with Crippen molar-refractivity contribution in [1.29, 1.82) is 0 Å². The zero-order chi connectivity index (χ0) is 15.5. The number of pyridine rings is 1. The summed E-state index contributed by atoms with van der Waals surface area (Å²) in [7, 11) is 0. The molecule has 0 bridgehead atoms. The lowest BCUT2D eigenvalue weighted by atomic mass is 9.94. The maximum atomic E-state index is 13.1. The third kappa shape index (κ3) is 3.08. The van der Waals surface area contributed by atoms with Crippen molar-refractivity contribution in [3.63, 3.8) is 0 Å². The van der Waals surface area contributed by atoms with Crippen LogP contribution in [-0.2, 0) is 24.1 Å². The summed E-state index contributed by atoms with van der Waals surface area (Å²) in [6.07, 6.45) is 5.36. The first-order valence-electron chi connectivity index (χ1n) is 7.41. The van der Waals surface area contributed by atoms with Crippen LogP contribution in [0.15, 0.2) is 35.3 Å². The molecule has 1 heterocycles. The molecule has 0 fully saturated rings. The van der Waals surface area contributed by atoms with Crippen molar-refractivity contribution in [3.05, 3.63) is 63.3 Å². The van der Waals surface area contributed by atoms with Crippen molar-refractivity contribution in [3.8, 4) is 0 Å². The lowest BCUT2D eigenvalue weighted by Crippen LogP contribution is -2.25. The van der Waals surface area contributed by atoms with E-state index >= 15 is 0 Å². The van der Waals surface area contributed by atoms with E-state index in [1.165, 1.54) is 18.2 Å². The quantitative estimate of drug-likeness (QED) is 0.915. The molecular weight excluding hydrogens is 283 g/mol. The van der Waals surface area contributed by atoms with Crippen LogP contribution in [0.2, 0.25) is 0 Å². The van der Waals surface area contributed by atoms with Gasteiger partial charge in [0.1, 0.15) is 5.82 Å². The first kappa shape index (κ1) is 14.5. The second-order valence-electron chi connectivity index (χ2n) is 5.54. The van der Waals surface area contributed by atoms with Gasteiger partial charge in [-0.25, -0.2) is 4.39 Å². The predicted molar refractivity (Wildman–Crippen MR) is 82.4 cm³/mol. The van der Waals surface area contributed by atoms with Gasteiger partial charge in [-0.2, -0.15) is 0 Å². The number of rotatable bonds is 3. The molecule has 2 aromatic rings. The number of aryl methyl sites for hydroxylation is 1. The van der Waals surface area contributed by atoms with E-state index in [2.05, 4.69) is 10.3 Å². The minimum absolute atomic E-state index is 0.0148. The molecule has 114 valence electrons. The Morgan fingerprint density at radius 1 is 1.27 bits per heavy atom. The molecule has 0 unspecified atom stereocenters. The number of benzene rings is 1. The number of carbonyl (C=O) groups excluding carboxylic acids is 1. The molecule has 3 rings (SSSR count). The van der Waals surface area contributed by atoms with Crippen LogP contribution < -0.4 is 10.7 Å². The zero-order valence-corrected chi connectivity index (χ0v) is 12.1. The van der Waals surface area contributed by atoms with Crippen LogP contribution >= 0.6 is 0 Å². The van der Waals surface area contributed by atoms with E-state index in [0.29, 0.717) is 11.3 Å². The Morgan fingerprint density at radius 2 is 2.09 bits per heavy atom. The Balaban J connectivity index is 1.76. The van der Waals surface area contributed by atoms with Gasteiger partial charge in [0, 0.05) is 28.7 Å². The molecule has 5 heteroatoms. The lowest BCUT2D eigenvalue weighted by Gasteiger charge is -2.15. The molecule has 1 amide bonds. The van der Waals surface area contributed by atoms with E-state index in [1.54, 1.807) is 12.3 Å². The number of anilines is 1. The second kappa shape index (κ2) is 6.13. The Labute approximate surface area is 127 Å². The monoisotopic (exact) mass is 300 g/mol. The van der Waals surface area contributed by atoms with Gasteiger partial charge in [0.2, 0.25) is 5.91 Å². The van der Waals surface area contributed by atoms with Gasteiger partial charge in [-0.15, -0.1) is 0 Å². The van der Waals surface area contributed by atoms with Crippen molar-refractivity contribution in [2.75, 3.05) is 5.32 Å². The molecule has 0 radical (unpaired) electrons. The number of hydrogen-bond donors (Lipinski definition) is 2. The average Bonchev–Trinajstić information content (AvgIpc) is 2.50. The maximum absolute atomic E-state index is 13.1. The summed E-state index contributed by atoms with van der Waals surface area (Å²) < 4.78 is 13.1. The van der Waals surface area contributed by atoms with Gasteiger partial charge in [-0.3, -0.25) is 9.59 Å². The van der Waals surface area contributed by atoms with Crippen molar-refractivity contribution in [2.45, 2.75) is 32.1 Å². The highest BCUT2D eigenvalue weighted by molar-refractivity contribution is 5.92. The summed E-state index contributed by atoms with van der Waals surface area (Å²) in [6.45, 7) is 0. The molecule has 1 aliphatic rings. The molecule has 1 aliphatic carbocycles. The van der Waals surface area contributed by atoms with Crippen molar-refractivity contribution in [1.82, 2.24) is 4.98 Å². The summed E-state index contributed by atoms with van der Waals surface area (Å²) in [6, 6.07) is 5.69. The van der Waals surface area contributed by atoms with Crippen LogP contribution in [0.3, 0.4) is 0 Å². The van der Waals surface area contributed by atoms with Crippen LogP contribution in [0, 0.1) is 5.82 Å². The molecule has 0 atom stereocenters. The molecule has 0 saturated heterocycles. The first-order chi connectivity index (χ1) is 10.6. The standard InChI is InChI=1S/C17H17FN2O2/c18-12-4-3-5-13(9-12)20-16(21)8-11-10-19-15-7-2-1-6-14(15)17(11)22/h3-5,9-10H,1-2,6-8H2,(H,19,22)(H,20,21). The highest BCUT2D eigenvalue weighted by atomic mass is 19.1.